The molecular weight excluding hydrogens is 373 g/mol. The van der Waals surface area contributed by atoms with E-state index >= 15 is 0 Å². The van der Waals surface area contributed by atoms with Gasteiger partial charge in [-0.2, -0.15) is 0 Å². The molecule has 2 aliphatic heterocycles. The molecule has 2 unspecified atom stereocenters. The summed E-state index contributed by atoms with van der Waals surface area (Å²) in [4.78, 5) is 25.4. The van der Waals surface area contributed by atoms with Gasteiger partial charge in [-0.05, 0) is 37.3 Å². The van der Waals surface area contributed by atoms with Crippen LogP contribution in [0.3, 0.4) is 0 Å². The fourth-order valence-corrected chi connectivity index (χ4v) is 4.92. The number of carbonyl (C=O) groups is 2. The van der Waals surface area contributed by atoms with Crippen LogP contribution in [-0.2, 0) is 15.0 Å². The third kappa shape index (κ3) is 3.75. The lowest BCUT2D eigenvalue weighted by atomic mass is 9.70. The first-order valence-electron chi connectivity index (χ1n) is 10.4. The Hall–Kier alpha value is -2.41. The van der Waals surface area contributed by atoms with Crippen molar-refractivity contribution in [1.29, 1.82) is 0 Å². The zero-order valence-corrected chi connectivity index (χ0v) is 16.7. The first-order valence-corrected chi connectivity index (χ1v) is 10.4. The van der Waals surface area contributed by atoms with Crippen LogP contribution in [0.25, 0.3) is 0 Å². The molecule has 1 aromatic carbocycles. The van der Waals surface area contributed by atoms with E-state index in [9.17, 15) is 19.1 Å². The van der Waals surface area contributed by atoms with Crippen molar-refractivity contribution in [2.45, 2.75) is 56.9 Å². The number of piperidine rings is 1. The summed E-state index contributed by atoms with van der Waals surface area (Å²) in [5, 5.41) is 19.3. The molecule has 2 heterocycles. The van der Waals surface area contributed by atoms with Crippen LogP contribution in [0.15, 0.2) is 23.9 Å². The summed E-state index contributed by atoms with van der Waals surface area (Å²) in [5.74, 6) is -1.76. The summed E-state index contributed by atoms with van der Waals surface area (Å²) in [6.45, 7) is 3.45. The number of Topliss-reactive ketones (excluding diaryl/α,β-unsaturated/α-hetero) is 1. The molecule has 1 saturated carbocycles. The summed E-state index contributed by atoms with van der Waals surface area (Å²) in [5.41, 5.74) is 0.202. The summed E-state index contributed by atoms with van der Waals surface area (Å²) < 4.78 is 14.8. The average Bonchev–Trinajstić information content (AvgIpc) is 2.71. The quantitative estimate of drug-likeness (QED) is 0.585. The van der Waals surface area contributed by atoms with Crippen LogP contribution in [-0.4, -0.2) is 35.9 Å². The third-order valence-corrected chi connectivity index (χ3v) is 6.71. The van der Waals surface area contributed by atoms with E-state index in [0.29, 0.717) is 18.5 Å². The third-order valence-electron chi connectivity index (χ3n) is 6.71. The van der Waals surface area contributed by atoms with Gasteiger partial charge < -0.3 is 21.1 Å². The number of anilines is 1. The normalized spacial score (nSPS) is 26.1. The standard InChI is InChI=1S/C22H28FN3O3/c1-22(6-3-2-4-7-22)15-9-16(23)17(10-19(15)27)26-21(29)14-11-25-18-12-24-8-5-13(18)20(14)28/h9-11,13,18,24-25,27H,2-8,12H2,1H3,(H,26,29). The SMILES string of the molecule is CC1(c2cc(F)c(NC(=O)C3=CNC4CNCCC4C3=O)cc2O)CCCCC1. The van der Waals surface area contributed by atoms with Crippen molar-refractivity contribution in [3.05, 3.63) is 35.3 Å². The molecule has 4 N–H and O–H groups in total. The van der Waals surface area contributed by atoms with Crippen molar-refractivity contribution in [2.75, 3.05) is 18.4 Å². The Balaban J connectivity index is 1.53. The Morgan fingerprint density at radius 3 is 2.79 bits per heavy atom. The van der Waals surface area contributed by atoms with Gasteiger partial charge in [0.2, 0.25) is 0 Å². The number of hydrogen-bond acceptors (Lipinski definition) is 5. The second-order valence-corrected chi connectivity index (χ2v) is 8.72. The van der Waals surface area contributed by atoms with Gasteiger partial charge in [0.1, 0.15) is 11.6 Å². The molecule has 1 aromatic rings. The molecule has 0 bridgehead atoms. The predicted molar refractivity (Wildman–Crippen MR) is 108 cm³/mol. The number of nitrogens with one attached hydrogen (secondary N) is 3. The topological polar surface area (TPSA) is 90.5 Å². The summed E-state index contributed by atoms with van der Waals surface area (Å²) in [6.07, 6.45) is 7.13. The van der Waals surface area contributed by atoms with Crippen LogP contribution in [0.5, 0.6) is 5.75 Å². The highest BCUT2D eigenvalue weighted by molar-refractivity contribution is 6.24. The van der Waals surface area contributed by atoms with Crippen LogP contribution in [0, 0.1) is 11.7 Å². The summed E-state index contributed by atoms with van der Waals surface area (Å²) in [7, 11) is 0. The predicted octanol–water partition coefficient (Wildman–Crippen LogP) is 2.73. The molecule has 3 aliphatic rings. The van der Waals surface area contributed by atoms with Gasteiger partial charge in [0.15, 0.2) is 5.78 Å². The Kier molecular flexibility index (Phi) is 5.34. The van der Waals surface area contributed by atoms with Gasteiger partial charge in [0.25, 0.3) is 5.91 Å². The van der Waals surface area contributed by atoms with E-state index in [1.54, 1.807) is 0 Å². The molecule has 0 radical (unpaired) electrons. The number of carbonyl (C=O) groups excluding carboxylic acids is 2. The Bertz CT molecular complexity index is 861. The van der Waals surface area contributed by atoms with Crippen LogP contribution in [0.1, 0.15) is 51.0 Å². The van der Waals surface area contributed by atoms with Gasteiger partial charge >= 0.3 is 0 Å². The monoisotopic (exact) mass is 401 g/mol. The van der Waals surface area contributed by atoms with Crippen LogP contribution in [0.4, 0.5) is 10.1 Å². The van der Waals surface area contributed by atoms with Crippen molar-refractivity contribution in [2.24, 2.45) is 5.92 Å². The fraction of sp³-hybridized carbons (Fsp3) is 0.545. The highest BCUT2D eigenvalue weighted by Crippen LogP contribution is 2.44. The van der Waals surface area contributed by atoms with Gasteiger partial charge in [-0.15, -0.1) is 0 Å². The van der Waals surface area contributed by atoms with Crippen LogP contribution >= 0.6 is 0 Å². The minimum Gasteiger partial charge on any atom is -0.508 e. The first-order chi connectivity index (χ1) is 13.9. The number of aromatic hydroxyl groups is 1. The van der Waals surface area contributed by atoms with Crippen molar-refractivity contribution in [3.8, 4) is 5.75 Å². The molecule has 0 spiro atoms. The van der Waals surface area contributed by atoms with E-state index in [4.69, 9.17) is 0 Å². The molecule has 2 atom stereocenters. The summed E-state index contributed by atoms with van der Waals surface area (Å²) >= 11 is 0. The lowest BCUT2D eigenvalue weighted by Gasteiger charge is -2.35. The molecule has 6 nitrogen and oxygen atoms in total. The number of hydrogen-bond donors (Lipinski definition) is 4. The minimum absolute atomic E-state index is 0.00430. The molecule has 1 saturated heterocycles. The van der Waals surface area contributed by atoms with Crippen molar-refractivity contribution < 1.29 is 19.1 Å². The highest BCUT2D eigenvalue weighted by atomic mass is 19.1. The lowest BCUT2D eigenvalue weighted by molar-refractivity contribution is -0.124. The average molecular weight is 401 g/mol. The van der Waals surface area contributed by atoms with E-state index in [1.165, 1.54) is 18.3 Å². The molecule has 7 heteroatoms. The second-order valence-electron chi connectivity index (χ2n) is 8.72. The van der Waals surface area contributed by atoms with Gasteiger partial charge in [0.05, 0.1) is 11.3 Å². The van der Waals surface area contributed by atoms with E-state index in [-0.39, 0.29) is 40.2 Å². The van der Waals surface area contributed by atoms with Crippen LogP contribution < -0.4 is 16.0 Å². The van der Waals surface area contributed by atoms with Crippen molar-refractivity contribution >= 4 is 17.4 Å². The van der Waals surface area contributed by atoms with Crippen molar-refractivity contribution in [3.63, 3.8) is 0 Å². The molecule has 4 rings (SSSR count). The number of phenols is 1. The van der Waals surface area contributed by atoms with Crippen LogP contribution in [0.2, 0.25) is 0 Å². The number of rotatable bonds is 3. The number of fused-ring (bicyclic) bond motifs is 1. The van der Waals surface area contributed by atoms with Gasteiger partial charge in [-0.1, -0.05) is 26.2 Å². The molecule has 156 valence electrons. The number of benzene rings is 1. The maximum atomic E-state index is 14.8. The zero-order chi connectivity index (χ0) is 20.6. The van der Waals surface area contributed by atoms with E-state index in [1.807, 2.05) is 6.92 Å². The highest BCUT2D eigenvalue weighted by Gasteiger charge is 2.38. The molecule has 0 aromatic heterocycles. The molecular formula is C22H28FN3O3. The molecule has 29 heavy (non-hydrogen) atoms. The number of ketones is 1. The number of phenolic OH excluding ortho intramolecular Hbond substituents is 1. The Morgan fingerprint density at radius 1 is 1.28 bits per heavy atom. The van der Waals surface area contributed by atoms with E-state index in [2.05, 4.69) is 16.0 Å². The van der Waals surface area contributed by atoms with E-state index < -0.39 is 11.7 Å². The maximum absolute atomic E-state index is 14.8. The minimum atomic E-state index is -0.658. The second kappa shape index (κ2) is 7.78. The Morgan fingerprint density at radius 2 is 2.03 bits per heavy atom. The first kappa shape index (κ1) is 19.9. The maximum Gasteiger partial charge on any atom is 0.260 e. The van der Waals surface area contributed by atoms with E-state index in [0.717, 1.165) is 38.6 Å². The van der Waals surface area contributed by atoms with Crippen molar-refractivity contribution in [1.82, 2.24) is 10.6 Å². The molecule has 2 fully saturated rings. The summed E-state index contributed by atoms with van der Waals surface area (Å²) in [6, 6.07) is 2.56. The van der Waals surface area contributed by atoms with Gasteiger partial charge in [-0.3, -0.25) is 9.59 Å². The lowest BCUT2D eigenvalue weighted by Crippen LogP contribution is -2.53. The fourth-order valence-electron chi connectivity index (χ4n) is 4.92. The zero-order valence-electron chi connectivity index (χ0n) is 16.7. The van der Waals surface area contributed by atoms with Gasteiger partial charge in [0, 0.05) is 36.3 Å². The smallest absolute Gasteiger partial charge is 0.260 e. The molecule has 1 amide bonds. The molecule has 1 aliphatic carbocycles. The number of halogens is 1. The number of amides is 1. The Labute approximate surface area is 169 Å². The van der Waals surface area contributed by atoms with Gasteiger partial charge in [-0.25, -0.2) is 4.39 Å². The largest absolute Gasteiger partial charge is 0.508 e.